The number of hydrogen-bond acceptors (Lipinski definition) is 4. The van der Waals surface area contributed by atoms with Crippen LogP contribution in [0.15, 0.2) is 18.2 Å². The summed E-state index contributed by atoms with van der Waals surface area (Å²) in [6.07, 6.45) is 4.65. The van der Waals surface area contributed by atoms with Gasteiger partial charge in [0.2, 0.25) is 6.79 Å². The van der Waals surface area contributed by atoms with Crippen molar-refractivity contribution in [1.29, 1.82) is 0 Å². The first-order chi connectivity index (χ1) is 10.7. The predicted octanol–water partition coefficient (Wildman–Crippen LogP) is 2.84. The number of anilines is 1. The molecular formula is C16H22N2O4. The van der Waals surface area contributed by atoms with E-state index in [0.29, 0.717) is 23.3 Å². The van der Waals surface area contributed by atoms with Crippen molar-refractivity contribution in [3.8, 4) is 11.5 Å². The van der Waals surface area contributed by atoms with E-state index in [0.717, 1.165) is 38.8 Å². The highest BCUT2D eigenvalue weighted by atomic mass is 16.7. The van der Waals surface area contributed by atoms with Crippen molar-refractivity contribution in [3.63, 3.8) is 0 Å². The van der Waals surface area contributed by atoms with Crippen LogP contribution in [0.3, 0.4) is 0 Å². The topological polar surface area (TPSA) is 60.0 Å². The van der Waals surface area contributed by atoms with Crippen LogP contribution in [0.5, 0.6) is 11.5 Å². The van der Waals surface area contributed by atoms with Crippen LogP contribution in [-0.2, 0) is 4.74 Å². The minimum absolute atomic E-state index is 0.119. The van der Waals surface area contributed by atoms with Crippen molar-refractivity contribution in [2.45, 2.75) is 31.8 Å². The molecule has 2 amide bonds. The second-order valence-electron chi connectivity index (χ2n) is 5.70. The van der Waals surface area contributed by atoms with Crippen LogP contribution >= 0.6 is 0 Å². The number of hydrogen-bond donors (Lipinski definition) is 1. The van der Waals surface area contributed by atoms with E-state index in [9.17, 15) is 4.79 Å². The summed E-state index contributed by atoms with van der Waals surface area (Å²) in [5, 5.41) is 2.87. The lowest BCUT2D eigenvalue weighted by molar-refractivity contribution is 0.101. The third-order valence-corrected chi connectivity index (χ3v) is 4.01. The van der Waals surface area contributed by atoms with E-state index >= 15 is 0 Å². The molecule has 0 radical (unpaired) electrons. The molecule has 22 heavy (non-hydrogen) atoms. The normalized spacial score (nSPS) is 19.2. The van der Waals surface area contributed by atoms with Crippen LogP contribution in [0.1, 0.15) is 25.7 Å². The largest absolute Gasteiger partial charge is 0.454 e. The van der Waals surface area contributed by atoms with Crippen LogP contribution in [0.25, 0.3) is 0 Å². The second-order valence-corrected chi connectivity index (χ2v) is 5.70. The Bertz CT molecular complexity index is 529. The van der Waals surface area contributed by atoms with Gasteiger partial charge in [-0.25, -0.2) is 4.79 Å². The molecule has 1 saturated heterocycles. The van der Waals surface area contributed by atoms with Gasteiger partial charge in [-0.15, -0.1) is 0 Å². The number of fused-ring (bicyclic) bond motifs is 1. The molecule has 6 heteroatoms. The number of carbonyl (C=O) groups is 1. The first kappa shape index (κ1) is 15.0. The highest BCUT2D eigenvalue weighted by Crippen LogP contribution is 2.34. The first-order valence-electron chi connectivity index (χ1n) is 7.76. The number of nitrogens with zero attached hydrogens (tertiary/aromatic N) is 1. The molecule has 0 aromatic heterocycles. The molecular weight excluding hydrogens is 284 g/mol. The van der Waals surface area contributed by atoms with Crippen molar-refractivity contribution in [1.82, 2.24) is 4.90 Å². The molecule has 1 N–H and O–H groups in total. The van der Waals surface area contributed by atoms with E-state index < -0.39 is 0 Å². The van der Waals surface area contributed by atoms with E-state index in [2.05, 4.69) is 5.32 Å². The summed E-state index contributed by atoms with van der Waals surface area (Å²) in [7, 11) is 1.80. The molecule has 0 spiro atoms. The standard InChI is InChI=1S/C16H22N2O4/c1-18(8-2-4-13-5-3-9-20-13)16(19)17-12-6-7-14-15(10-12)22-11-21-14/h6-7,10,13H,2-5,8-9,11H2,1H3,(H,17,19)/t13-/m1/s1. The third-order valence-electron chi connectivity index (χ3n) is 4.01. The van der Waals surface area contributed by atoms with Gasteiger partial charge in [0, 0.05) is 32.0 Å². The Morgan fingerprint density at radius 1 is 1.36 bits per heavy atom. The highest BCUT2D eigenvalue weighted by molar-refractivity contribution is 5.89. The van der Waals surface area contributed by atoms with Gasteiger partial charge in [-0.05, 0) is 37.8 Å². The Labute approximate surface area is 130 Å². The van der Waals surface area contributed by atoms with E-state index in [1.165, 1.54) is 0 Å². The number of rotatable bonds is 5. The predicted molar refractivity (Wildman–Crippen MR) is 82.4 cm³/mol. The molecule has 1 atom stereocenters. The molecule has 6 nitrogen and oxygen atoms in total. The van der Waals surface area contributed by atoms with E-state index in [4.69, 9.17) is 14.2 Å². The van der Waals surface area contributed by atoms with Crippen molar-refractivity contribution in [2.75, 3.05) is 32.3 Å². The summed E-state index contributed by atoms with van der Waals surface area (Å²) >= 11 is 0. The highest BCUT2D eigenvalue weighted by Gasteiger charge is 2.17. The summed E-state index contributed by atoms with van der Waals surface area (Å²) in [6.45, 7) is 1.83. The van der Waals surface area contributed by atoms with Crippen LogP contribution in [0, 0.1) is 0 Å². The zero-order valence-corrected chi connectivity index (χ0v) is 12.8. The average molecular weight is 306 g/mol. The van der Waals surface area contributed by atoms with Crippen LogP contribution < -0.4 is 14.8 Å². The summed E-state index contributed by atoms with van der Waals surface area (Å²) in [4.78, 5) is 13.8. The van der Waals surface area contributed by atoms with Gasteiger partial charge in [0.25, 0.3) is 0 Å². The lowest BCUT2D eigenvalue weighted by Crippen LogP contribution is -2.32. The Morgan fingerprint density at radius 2 is 2.23 bits per heavy atom. The maximum atomic E-state index is 12.2. The molecule has 3 rings (SSSR count). The molecule has 1 fully saturated rings. The van der Waals surface area contributed by atoms with Crippen LogP contribution in [0.4, 0.5) is 10.5 Å². The maximum absolute atomic E-state index is 12.2. The van der Waals surface area contributed by atoms with Crippen LogP contribution in [-0.4, -0.2) is 44.0 Å². The lowest BCUT2D eigenvalue weighted by atomic mass is 10.1. The van der Waals surface area contributed by atoms with Crippen molar-refractivity contribution in [2.24, 2.45) is 0 Å². The fourth-order valence-electron chi connectivity index (χ4n) is 2.72. The number of amides is 2. The number of urea groups is 1. The van der Waals surface area contributed by atoms with Crippen molar-refractivity contribution < 1.29 is 19.0 Å². The summed E-state index contributed by atoms with van der Waals surface area (Å²) in [6, 6.07) is 5.27. The molecule has 1 aromatic rings. The minimum atomic E-state index is -0.119. The monoisotopic (exact) mass is 306 g/mol. The molecule has 2 aliphatic rings. The Balaban J connectivity index is 1.44. The van der Waals surface area contributed by atoms with Crippen molar-refractivity contribution in [3.05, 3.63) is 18.2 Å². The fourth-order valence-corrected chi connectivity index (χ4v) is 2.72. The molecule has 0 saturated carbocycles. The molecule has 2 heterocycles. The third kappa shape index (κ3) is 3.62. The lowest BCUT2D eigenvalue weighted by Gasteiger charge is -2.19. The van der Waals surface area contributed by atoms with Gasteiger partial charge in [-0.1, -0.05) is 0 Å². The van der Waals surface area contributed by atoms with Gasteiger partial charge in [0.1, 0.15) is 0 Å². The van der Waals surface area contributed by atoms with Gasteiger partial charge in [-0.2, -0.15) is 0 Å². The number of carbonyl (C=O) groups excluding carboxylic acids is 1. The smallest absolute Gasteiger partial charge is 0.321 e. The van der Waals surface area contributed by atoms with Crippen molar-refractivity contribution >= 4 is 11.7 Å². The van der Waals surface area contributed by atoms with Gasteiger partial charge in [0.05, 0.1) is 6.10 Å². The van der Waals surface area contributed by atoms with Gasteiger partial charge in [0.15, 0.2) is 11.5 Å². The van der Waals surface area contributed by atoms with Gasteiger partial charge >= 0.3 is 6.03 Å². The molecule has 0 unspecified atom stereocenters. The summed E-state index contributed by atoms with van der Waals surface area (Å²) in [5.74, 6) is 1.38. The summed E-state index contributed by atoms with van der Waals surface area (Å²) < 4.78 is 16.1. The van der Waals surface area contributed by atoms with E-state index in [-0.39, 0.29) is 12.8 Å². The number of nitrogens with one attached hydrogen (secondary N) is 1. The molecule has 0 bridgehead atoms. The fraction of sp³-hybridized carbons (Fsp3) is 0.562. The molecule has 2 aliphatic heterocycles. The van der Waals surface area contributed by atoms with Gasteiger partial charge in [-0.3, -0.25) is 0 Å². The van der Waals surface area contributed by atoms with Gasteiger partial charge < -0.3 is 24.4 Å². The quantitative estimate of drug-likeness (QED) is 0.908. The maximum Gasteiger partial charge on any atom is 0.321 e. The molecule has 0 aliphatic carbocycles. The van der Waals surface area contributed by atoms with E-state index in [1.54, 1.807) is 24.1 Å². The minimum Gasteiger partial charge on any atom is -0.454 e. The Kier molecular flexibility index (Phi) is 4.68. The zero-order chi connectivity index (χ0) is 15.4. The first-order valence-corrected chi connectivity index (χ1v) is 7.76. The molecule has 1 aromatic carbocycles. The van der Waals surface area contributed by atoms with Crippen LogP contribution in [0.2, 0.25) is 0 Å². The average Bonchev–Trinajstić information content (AvgIpc) is 3.17. The zero-order valence-electron chi connectivity index (χ0n) is 12.8. The number of benzene rings is 1. The Hall–Kier alpha value is -1.95. The summed E-state index contributed by atoms with van der Waals surface area (Å²) in [5.41, 5.74) is 0.709. The molecule has 120 valence electrons. The Morgan fingerprint density at radius 3 is 3.05 bits per heavy atom. The number of ether oxygens (including phenoxy) is 3. The second kappa shape index (κ2) is 6.87. The van der Waals surface area contributed by atoms with E-state index in [1.807, 2.05) is 6.07 Å². The SMILES string of the molecule is CN(CCC[C@@H]1CCCO1)C(=O)Nc1ccc2c(c1)OCO2.